The number of carbonyl (C=O) groups excluding carboxylic acids is 1. The summed E-state index contributed by atoms with van der Waals surface area (Å²) in [5.74, 6) is -0.450. The lowest BCUT2D eigenvalue weighted by molar-refractivity contribution is -0.137. The molecule has 1 N–H and O–H groups in total. The van der Waals surface area contributed by atoms with E-state index in [2.05, 4.69) is 5.32 Å². The molecule has 0 aliphatic carbocycles. The first-order valence-corrected chi connectivity index (χ1v) is 7.39. The summed E-state index contributed by atoms with van der Waals surface area (Å²) < 4.78 is 43.1. The van der Waals surface area contributed by atoms with E-state index in [9.17, 15) is 18.0 Å². The molecule has 0 fully saturated rings. The van der Waals surface area contributed by atoms with E-state index >= 15 is 0 Å². The van der Waals surface area contributed by atoms with Gasteiger partial charge in [-0.05, 0) is 36.8 Å². The van der Waals surface area contributed by atoms with Crippen LogP contribution in [0.1, 0.15) is 34.5 Å². The number of carbonyl (C=O) groups is 1. The van der Waals surface area contributed by atoms with Crippen molar-refractivity contribution in [3.05, 3.63) is 71.3 Å². The molecule has 0 aliphatic rings. The van der Waals surface area contributed by atoms with Crippen molar-refractivity contribution < 1.29 is 22.7 Å². The van der Waals surface area contributed by atoms with Gasteiger partial charge in [0.1, 0.15) is 6.10 Å². The molecule has 2 atom stereocenters. The molecule has 2 aromatic rings. The van der Waals surface area contributed by atoms with Gasteiger partial charge in [-0.15, -0.1) is 0 Å². The molecule has 0 saturated heterocycles. The van der Waals surface area contributed by atoms with Crippen molar-refractivity contribution in [2.75, 3.05) is 7.11 Å². The predicted molar refractivity (Wildman–Crippen MR) is 84.6 cm³/mol. The second-order valence-electron chi connectivity index (χ2n) is 5.40. The van der Waals surface area contributed by atoms with E-state index in [0.717, 1.165) is 29.8 Å². The largest absolute Gasteiger partial charge is 0.416 e. The van der Waals surface area contributed by atoms with Crippen LogP contribution < -0.4 is 5.32 Å². The molecule has 0 heterocycles. The Kier molecular flexibility index (Phi) is 5.62. The summed E-state index contributed by atoms with van der Waals surface area (Å²) >= 11 is 0. The van der Waals surface area contributed by atoms with Crippen LogP contribution in [0.4, 0.5) is 13.2 Å². The summed E-state index contributed by atoms with van der Waals surface area (Å²) in [5.41, 5.74) is 0.282. The molecule has 0 bridgehead atoms. The Morgan fingerprint density at radius 1 is 1.04 bits per heavy atom. The number of nitrogens with one attached hydrogen (secondary N) is 1. The summed E-state index contributed by atoms with van der Waals surface area (Å²) in [5, 5.41) is 2.76. The Morgan fingerprint density at radius 2 is 1.62 bits per heavy atom. The van der Waals surface area contributed by atoms with E-state index in [0.29, 0.717) is 0 Å². The van der Waals surface area contributed by atoms with Gasteiger partial charge in [0.2, 0.25) is 0 Å². The molecule has 2 rings (SSSR count). The number of halogens is 3. The van der Waals surface area contributed by atoms with Gasteiger partial charge in [-0.3, -0.25) is 4.79 Å². The zero-order valence-electron chi connectivity index (χ0n) is 13.3. The van der Waals surface area contributed by atoms with Crippen molar-refractivity contribution in [1.82, 2.24) is 5.32 Å². The maximum absolute atomic E-state index is 12.6. The molecule has 0 spiro atoms. The maximum Gasteiger partial charge on any atom is 0.416 e. The van der Waals surface area contributed by atoms with E-state index in [1.165, 1.54) is 0 Å². The van der Waals surface area contributed by atoms with Crippen molar-refractivity contribution in [2.24, 2.45) is 0 Å². The van der Waals surface area contributed by atoms with Crippen molar-refractivity contribution in [3.8, 4) is 0 Å². The van der Waals surface area contributed by atoms with E-state index < -0.39 is 17.6 Å². The van der Waals surface area contributed by atoms with E-state index in [4.69, 9.17) is 4.74 Å². The maximum atomic E-state index is 12.6. The number of alkyl halides is 3. The third kappa shape index (κ3) is 4.35. The third-order valence-corrected chi connectivity index (χ3v) is 3.67. The summed E-state index contributed by atoms with van der Waals surface area (Å²) in [6.45, 7) is 1.78. The van der Waals surface area contributed by atoms with Crippen LogP contribution >= 0.6 is 0 Å². The van der Waals surface area contributed by atoms with E-state index in [1.807, 2.05) is 30.3 Å². The van der Waals surface area contributed by atoms with E-state index in [1.54, 1.807) is 14.0 Å². The highest BCUT2D eigenvalue weighted by molar-refractivity contribution is 5.94. The average molecular weight is 337 g/mol. The number of rotatable bonds is 5. The first-order chi connectivity index (χ1) is 11.3. The fourth-order valence-electron chi connectivity index (χ4n) is 2.45. The molecule has 24 heavy (non-hydrogen) atoms. The molecule has 3 nitrogen and oxygen atoms in total. The van der Waals surface area contributed by atoms with Crippen molar-refractivity contribution in [3.63, 3.8) is 0 Å². The van der Waals surface area contributed by atoms with Crippen molar-refractivity contribution >= 4 is 5.91 Å². The Hall–Kier alpha value is -2.34. The first-order valence-electron chi connectivity index (χ1n) is 7.39. The van der Waals surface area contributed by atoms with Crippen LogP contribution in [0.5, 0.6) is 0 Å². The Morgan fingerprint density at radius 3 is 2.12 bits per heavy atom. The van der Waals surface area contributed by atoms with Gasteiger partial charge < -0.3 is 10.1 Å². The monoisotopic (exact) mass is 337 g/mol. The van der Waals surface area contributed by atoms with Gasteiger partial charge in [-0.25, -0.2) is 0 Å². The molecule has 2 aromatic carbocycles. The zero-order chi connectivity index (χ0) is 17.7. The quantitative estimate of drug-likeness (QED) is 0.887. The van der Waals surface area contributed by atoms with Crippen LogP contribution in [0, 0.1) is 0 Å². The highest BCUT2D eigenvalue weighted by atomic mass is 19.4. The molecule has 0 aromatic heterocycles. The Bertz CT molecular complexity index is 669. The summed E-state index contributed by atoms with van der Waals surface area (Å²) in [7, 11) is 1.54. The topological polar surface area (TPSA) is 38.3 Å². The number of amides is 1. The number of benzene rings is 2. The number of ether oxygens (including phenoxy) is 1. The minimum absolute atomic E-state index is 0.165. The van der Waals surface area contributed by atoms with Crippen LogP contribution in [0.2, 0.25) is 0 Å². The van der Waals surface area contributed by atoms with Crippen LogP contribution in [-0.4, -0.2) is 19.1 Å². The lowest BCUT2D eigenvalue weighted by Gasteiger charge is -2.24. The number of hydrogen-bond acceptors (Lipinski definition) is 2. The van der Waals surface area contributed by atoms with Crippen LogP contribution in [0.3, 0.4) is 0 Å². The highest BCUT2D eigenvalue weighted by Gasteiger charge is 2.30. The molecule has 0 radical (unpaired) electrons. The predicted octanol–water partition coefficient (Wildman–Crippen LogP) is 4.21. The van der Waals surface area contributed by atoms with Gasteiger partial charge in [0.05, 0.1) is 11.6 Å². The smallest absolute Gasteiger partial charge is 0.375 e. The molecule has 2 unspecified atom stereocenters. The number of hydrogen-bond donors (Lipinski definition) is 1. The number of methoxy groups -OCH3 is 1. The second-order valence-corrected chi connectivity index (χ2v) is 5.40. The second kappa shape index (κ2) is 7.49. The van der Waals surface area contributed by atoms with Crippen molar-refractivity contribution in [2.45, 2.75) is 25.2 Å². The van der Waals surface area contributed by atoms with Crippen LogP contribution in [0.15, 0.2) is 54.6 Å². The van der Waals surface area contributed by atoms with E-state index in [-0.39, 0.29) is 17.7 Å². The third-order valence-electron chi connectivity index (χ3n) is 3.67. The van der Waals surface area contributed by atoms with Gasteiger partial charge in [-0.1, -0.05) is 30.3 Å². The highest BCUT2D eigenvalue weighted by Crippen LogP contribution is 2.29. The summed E-state index contributed by atoms with van der Waals surface area (Å²) in [4.78, 5) is 12.2. The van der Waals surface area contributed by atoms with Crippen LogP contribution in [0.25, 0.3) is 0 Å². The minimum Gasteiger partial charge on any atom is -0.375 e. The van der Waals surface area contributed by atoms with Gasteiger partial charge in [-0.2, -0.15) is 13.2 Å². The first kappa shape index (κ1) is 18.0. The molecule has 0 aliphatic heterocycles. The zero-order valence-corrected chi connectivity index (χ0v) is 13.3. The lowest BCUT2D eigenvalue weighted by Crippen LogP contribution is -2.37. The fourth-order valence-corrected chi connectivity index (χ4v) is 2.45. The standard InChI is InChI=1S/C18H18F3NO2/c1-12(16(24-2)13-6-4-3-5-7-13)22-17(23)14-8-10-15(11-9-14)18(19,20)21/h3-12,16H,1-2H3,(H,22,23). The van der Waals surface area contributed by atoms with Crippen molar-refractivity contribution in [1.29, 1.82) is 0 Å². The Balaban J connectivity index is 2.08. The van der Waals surface area contributed by atoms with Gasteiger partial charge >= 0.3 is 6.18 Å². The lowest BCUT2D eigenvalue weighted by atomic mass is 10.0. The molecule has 128 valence electrons. The fraction of sp³-hybridized carbons (Fsp3) is 0.278. The average Bonchev–Trinajstić information content (AvgIpc) is 2.56. The summed E-state index contributed by atoms with van der Waals surface area (Å²) in [6, 6.07) is 13.1. The molecule has 6 heteroatoms. The Labute approximate surface area is 138 Å². The van der Waals surface area contributed by atoms with Crippen LogP contribution in [-0.2, 0) is 10.9 Å². The normalized spacial score (nSPS) is 14.0. The molecular weight excluding hydrogens is 319 g/mol. The summed E-state index contributed by atoms with van der Waals surface area (Å²) in [6.07, 6.45) is -4.78. The van der Waals surface area contributed by atoms with Gasteiger partial charge in [0.15, 0.2) is 0 Å². The molecular formula is C18H18F3NO2. The molecule has 0 saturated carbocycles. The van der Waals surface area contributed by atoms with Gasteiger partial charge in [0.25, 0.3) is 5.91 Å². The SMILES string of the molecule is COC(c1ccccc1)C(C)NC(=O)c1ccc(C(F)(F)F)cc1. The minimum atomic E-state index is -4.42. The van der Waals surface area contributed by atoms with Gasteiger partial charge in [0, 0.05) is 12.7 Å². The molecule has 1 amide bonds.